The van der Waals surface area contributed by atoms with E-state index in [2.05, 4.69) is 15.6 Å². The van der Waals surface area contributed by atoms with Gasteiger partial charge in [-0.2, -0.15) is 0 Å². The van der Waals surface area contributed by atoms with E-state index in [0.717, 1.165) is 11.3 Å². The molecule has 0 radical (unpaired) electrons. The van der Waals surface area contributed by atoms with E-state index in [4.69, 9.17) is 0 Å². The number of amides is 1. The van der Waals surface area contributed by atoms with Gasteiger partial charge in [0.1, 0.15) is 0 Å². The van der Waals surface area contributed by atoms with Crippen LogP contribution in [0.4, 0.5) is 5.69 Å². The topological polar surface area (TPSA) is 54.0 Å². The zero-order valence-corrected chi connectivity index (χ0v) is 12.0. The van der Waals surface area contributed by atoms with Crippen molar-refractivity contribution in [2.24, 2.45) is 0 Å². The van der Waals surface area contributed by atoms with Gasteiger partial charge in [-0.25, -0.2) is 0 Å². The number of benzene rings is 1. The van der Waals surface area contributed by atoms with Gasteiger partial charge in [-0.3, -0.25) is 9.78 Å². The first-order valence-corrected chi connectivity index (χ1v) is 6.61. The van der Waals surface area contributed by atoms with Crippen LogP contribution in [-0.2, 0) is 0 Å². The van der Waals surface area contributed by atoms with Gasteiger partial charge in [0, 0.05) is 25.1 Å². The molecule has 1 unspecified atom stereocenters. The number of carbonyl (C=O) groups excluding carboxylic acids is 1. The molecule has 2 N–H and O–H groups in total. The highest BCUT2D eigenvalue weighted by atomic mass is 16.1. The molecular weight excluding hydrogens is 250 g/mol. The van der Waals surface area contributed by atoms with E-state index in [0.29, 0.717) is 5.56 Å². The van der Waals surface area contributed by atoms with Gasteiger partial charge in [0.2, 0.25) is 0 Å². The normalized spacial score (nSPS) is 11.8. The van der Waals surface area contributed by atoms with Crippen LogP contribution in [0.3, 0.4) is 0 Å². The number of pyridine rings is 1. The average Bonchev–Trinajstić information content (AvgIpc) is 2.47. The summed E-state index contributed by atoms with van der Waals surface area (Å²) in [6.07, 6.45) is 3.24. The molecule has 20 heavy (non-hydrogen) atoms. The lowest BCUT2D eigenvalue weighted by molar-refractivity contribution is 0.0940. The van der Waals surface area contributed by atoms with Crippen molar-refractivity contribution in [2.45, 2.75) is 19.9 Å². The molecule has 0 saturated carbocycles. The number of aromatic nitrogens is 1. The summed E-state index contributed by atoms with van der Waals surface area (Å²) >= 11 is 0. The molecule has 4 nitrogen and oxygen atoms in total. The summed E-state index contributed by atoms with van der Waals surface area (Å²) in [6.45, 7) is 4.02. The Kier molecular flexibility index (Phi) is 4.35. The third-order valence-corrected chi connectivity index (χ3v) is 3.34. The van der Waals surface area contributed by atoms with Gasteiger partial charge in [-0.1, -0.05) is 24.3 Å². The second-order valence-corrected chi connectivity index (χ2v) is 4.72. The lowest BCUT2D eigenvalue weighted by Crippen LogP contribution is -2.27. The summed E-state index contributed by atoms with van der Waals surface area (Å²) < 4.78 is 0. The standard InChI is InChI=1S/C16H19N3O/c1-11-6-4-5-7-13(11)12(2)19-16(20)14-10-18-9-8-15(14)17-3/h4-10,12H,1-3H3,(H,17,18)(H,19,20). The number of anilines is 1. The molecular formula is C16H19N3O. The number of nitrogens with one attached hydrogen (secondary N) is 2. The fourth-order valence-corrected chi connectivity index (χ4v) is 2.22. The van der Waals surface area contributed by atoms with Crippen molar-refractivity contribution in [3.8, 4) is 0 Å². The minimum Gasteiger partial charge on any atom is -0.387 e. The van der Waals surface area contributed by atoms with Crippen LogP contribution in [0, 0.1) is 6.92 Å². The molecule has 1 atom stereocenters. The van der Waals surface area contributed by atoms with Crippen LogP contribution in [0.5, 0.6) is 0 Å². The van der Waals surface area contributed by atoms with Crippen molar-refractivity contribution in [1.82, 2.24) is 10.3 Å². The molecule has 2 rings (SSSR count). The molecule has 4 heteroatoms. The number of hydrogen-bond acceptors (Lipinski definition) is 3. The molecule has 1 aromatic carbocycles. The Morgan fingerprint density at radius 3 is 2.70 bits per heavy atom. The quantitative estimate of drug-likeness (QED) is 0.897. The SMILES string of the molecule is CNc1ccncc1C(=O)NC(C)c1ccccc1C. The zero-order valence-electron chi connectivity index (χ0n) is 12.0. The Morgan fingerprint density at radius 1 is 1.25 bits per heavy atom. The largest absolute Gasteiger partial charge is 0.387 e. The fraction of sp³-hybridized carbons (Fsp3) is 0.250. The summed E-state index contributed by atoms with van der Waals surface area (Å²) in [5.74, 6) is -0.127. The minimum absolute atomic E-state index is 0.0476. The summed E-state index contributed by atoms with van der Waals surface area (Å²) in [6, 6.07) is 9.78. The summed E-state index contributed by atoms with van der Waals surface area (Å²) in [5, 5.41) is 6.01. The van der Waals surface area contributed by atoms with Crippen LogP contribution in [-0.4, -0.2) is 17.9 Å². The molecule has 104 valence electrons. The maximum Gasteiger partial charge on any atom is 0.255 e. The first kappa shape index (κ1) is 14.1. The molecule has 0 spiro atoms. The molecule has 0 aliphatic rings. The van der Waals surface area contributed by atoms with Crippen molar-refractivity contribution in [2.75, 3.05) is 12.4 Å². The van der Waals surface area contributed by atoms with E-state index in [9.17, 15) is 4.79 Å². The van der Waals surface area contributed by atoms with Crippen LogP contribution in [0.2, 0.25) is 0 Å². The summed E-state index contributed by atoms with van der Waals surface area (Å²) in [7, 11) is 1.79. The van der Waals surface area contributed by atoms with Crippen molar-refractivity contribution in [3.63, 3.8) is 0 Å². The maximum absolute atomic E-state index is 12.3. The second kappa shape index (κ2) is 6.19. The molecule has 0 saturated heterocycles. The van der Waals surface area contributed by atoms with E-state index in [1.807, 2.05) is 38.1 Å². The van der Waals surface area contributed by atoms with E-state index in [1.165, 1.54) is 5.56 Å². The van der Waals surface area contributed by atoms with Crippen molar-refractivity contribution in [3.05, 3.63) is 59.4 Å². The fourth-order valence-electron chi connectivity index (χ4n) is 2.22. The minimum atomic E-state index is -0.127. The van der Waals surface area contributed by atoms with Gasteiger partial charge in [0.15, 0.2) is 0 Å². The van der Waals surface area contributed by atoms with Gasteiger partial charge < -0.3 is 10.6 Å². The Hall–Kier alpha value is -2.36. The third-order valence-electron chi connectivity index (χ3n) is 3.34. The monoisotopic (exact) mass is 269 g/mol. The van der Waals surface area contributed by atoms with Crippen LogP contribution in [0.1, 0.15) is 34.5 Å². The average molecular weight is 269 g/mol. The second-order valence-electron chi connectivity index (χ2n) is 4.72. The zero-order chi connectivity index (χ0) is 14.5. The predicted octanol–water partition coefficient (Wildman–Crippen LogP) is 2.92. The van der Waals surface area contributed by atoms with Gasteiger partial charge in [-0.15, -0.1) is 0 Å². The van der Waals surface area contributed by atoms with E-state index in [-0.39, 0.29) is 11.9 Å². The van der Waals surface area contributed by atoms with Gasteiger partial charge >= 0.3 is 0 Å². The molecule has 0 fully saturated rings. The van der Waals surface area contributed by atoms with Gasteiger partial charge in [-0.05, 0) is 31.0 Å². The number of hydrogen-bond donors (Lipinski definition) is 2. The molecule has 0 aliphatic carbocycles. The van der Waals surface area contributed by atoms with Gasteiger partial charge in [0.25, 0.3) is 5.91 Å². The maximum atomic E-state index is 12.3. The van der Waals surface area contributed by atoms with Crippen LogP contribution < -0.4 is 10.6 Å². The van der Waals surface area contributed by atoms with Gasteiger partial charge in [0.05, 0.1) is 11.6 Å². The van der Waals surface area contributed by atoms with Crippen LogP contribution in [0.15, 0.2) is 42.7 Å². The Balaban J connectivity index is 2.18. The first-order chi connectivity index (χ1) is 9.63. The summed E-state index contributed by atoms with van der Waals surface area (Å²) in [4.78, 5) is 16.3. The third kappa shape index (κ3) is 2.96. The Bertz CT molecular complexity index is 610. The van der Waals surface area contributed by atoms with E-state index < -0.39 is 0 Å². The summed E-state index contributed by atoms with van der Waals surface area (Å²) in [5.41, 5.74) is 3.61. The van der Waals surface area contributed by atoms with Crippen LogP contribution >= 0.6 is 0 Å². The van der Waals surface area contributed by atoms with Crippen molar-refractivity contribution >= 4 is 11.6 Å². The molecule has 0 aliphatic heterocycles. The Labute approximate surface area is 119 Å². The lowest BCUT2D eigenvalue weighted by atomic mass is 10.0. The highest BCUT2D eigenvalue weighted by molar-refractivity contribution is 5.99. The van der Waals surface area contributed by atoms with E-state index in [1.54, 1.807) is 25.5 Å². The van der Waals surface area contributed by atoms with Crippen molar-refractivity contribution in [1.29, 1.82) is 0 Å². The highest BCUT2D eigenvalue weighted by Gasteiger charge is 2.15. The first-order valence-electron chi connectivity index (χ1n) is 6.61. The molecule has 1 aromatic heterocycles. The molecule has 1 amide bonds. The number of aryl methyl sites for hydroxylation is 1. The Morgan fingerprint density at radius 2 is 2.00 bits per heavy atom. The lowest BCUT2D eigenvalue weighted by Gasteiger charge is -2.17. The molecule has 0 bridgehead atoms. The molecule has 1 heterocycles. The smallest absolute Gasteiger partial charge is 0.255 e. The predicted molar refractivity (Wildman–Crippen MR) is 80.8 cm³/mol. The number of nitrogens with zero attached hydrogens (tertiary/aromatic N) is 1. The highest BCUT2D eigenvalue weighted by Crippen LogP contribution is 2.19. The van der Waals surface area contributed by atoms with Crippen molar-refractivity contribution < 1.29 is 4.79 Å². The van der Waals surface area contributed by atoms with Crippen LogP contribution in [0.25, 0.3) is 0 Å². The van der Waals surface area contributed by atoms with E-state index >= 15 is 0 Å². The number of rotatable bonds is 4. The number of carbonyl (C=O) groups is 1. The molecule has 2 aromatic rings.